The second kappa shape index (κ2) is 17.8. The molecule has 4 aromatic carbocycles. The molecule has 4 amide bonds. The molecule has 56 heavy (non-hydrogen) atoms. The number of carbonyl (C=O) groups is 4. The molecule has 5 aromatic rings. The molecule has 0 radical (unpaired) electrons. The van der Waals surface area contributed by atoms with E-state index in [4.69, 9.17) is 4.74 Å². The summed E-state index contributed by atoms with van der Waals surface area (Å²) in [7, 11) is 0. The van der Waals surface area contributed by atoms with E-state index in [1.54, 1.807) is 30.3 Å². The highest BCUT2D eigenvalue weighted by Crippen LogP contribution is 2.25. The molecule has 1 fully saturated rings. The smallest absolute Gasteiger partial charge is 0.272 e. The SMILES string of the molecule is O=CN(CCOCCNC(=O)c1c(F)cc(-c2cccc(F)c2)cc1F)CC(=O)N1CCN(C(=O)c2cc(Cc3n[nH]c(=O)c4ccccc34)ccc2F)CC1. The maximum Gasteiger partial charge on any atom is 0.272 e. The van der Waals surface area contributed by atoms with E-state index < -0.39 is 40.6 Å². The minimum Gasteiger partial charge on any atom is -0.378 e. The maximum atomic E-state index is 14.9. The first kappa shape index (κ1) is 39.3. The van der Waals surface area contributed by atoms with Crippen LogP contribution in [0.25, 0.3) is 21.9 Å². The van der Waals surface area contributed by atoms with E-state index in [2.05, 4.69) is 15.5 Å². The minimum absolute atomic E-state index is 0.00561. The molecule has 0 unspecified atom stereocenters. The lowest BCUT2D eigenvalue weighted by Gasteiger charge is -2.35. The van der Waals surface area contributed by atoms with E-state index >= 15 is 0 Å². The Labute approximate surface area is 317 Å². The second-order valence-electron chi connectivity index (χ2n) is 13.0. The number of amides is 4. The number of aromatic amines is 1. The molecule has 0 aliphatic carbocycles. The number of aromatic nitrogens is 2. The Morgan fingerprint density at radius 2 is 1.54 bits per heavy atom. The summed E-state index contributed by atoms with van der Waals surface area (Å²) in [6.45, 7) is 0.212. The summed E-state index contributed by atoms with van der Waals surface area (Å²) < 4.78 is 63.2. The summed E-state index contributed by atoms with van der Waals surface area (Å²) >= 11 is 0. The molecule has 290 valence electrons. The van der Waals surface area contributed by atoms with Crippen LogP contribution in [0, 0.1) is 23.3 Å². The zero-order valence-electron chi connectivity index (χ0n) is 29.9. The third-order valence-corrected chi connectivity index (χ3v) is 9.30. The Bertz CT molecular complexity index is 2310. The fourth-order valence-corrected chi connectivity index (χ4v) is 6.35. The topological polar surface area (TPSA) is 145 Å². The van der Waals surface area contributed by atoms with Gasteiger partial charge in [0.05, 0.1) is 36.4 Å². The molecule has 0 bridgehead atoms. The summed E-state index contributed by atoms with van der Waals surface area (Å²) in [5.41, 5.74) is 0.243. The van der Waals surface area contributed by atoms with Gasteiger partial charge in [0.1, 0.15) is 28.8 Å². The molecule has 0 atom stereocenters. The maximum absolute atomic E-state index is 14.9. The zero-order valence-corrected chi connectivity index (χ0v) is 29.9. The van der Waals surface area contributed by atoms with Crippen molar-refractivity contribution < 1.29 is 41.5 Å². The summed E-state index contributed by atoms with van der Waals surface area (Å²) in [6.07, 6.45) is 0.733. The van der Waals surface area contributed by atoms with Crippen LogP contribution in [0.1, 0.15) is 32.0 Å². The first-order valence-electron chi connectivity index (χ1n) is 17.6. The first-order chi connectivity index (χ1) is 27.0. The standard InChI is InChI=1S/C40H36F4N6O6/c41-28-5-3-4-26(20-28)27-21-33(43)37(34(44)22-27)39(54)45-10-16-56-17-15-48(24-51)23-36(52)49-11-13-50(14-12-49)40(55)31-18-25(8-9-32(31)42)19-35-29-6-1-2-7-30(29)38(53)47-46-35/h1-9,18,20-22,24H,10-17,19,23H2,(H,45,54)(H,47,53). The molecule has 1 aliphatic heterocycles. The minimum atomic E-state index is -1.12. The Kier molecular flexibility index (Phi) is 12.5. The average Bonchev–Trinajstić information content (AvgIpc) is 3.20. The number of halogens is 4. The van der Waals surface area contributed by atoms with Crippen molar-refractivity contribution in [3.63, 3.8) is 0 Å². The van der Waals surface area contributed by atoms with Crippen molar-refractivity contribution in [1.29, 1.82) is 0 Å². The van der Waals surface area contributed by atoms with Gasteiger partial charge in [-0.2, -0.15) is 5.10 Å². The van der Waals surface area contributed by atoms with E-state index in [1.807, 2.05) is 0 Å². The predicted molar refractivity (Wildman–Crippen MR) is 197 cm³/mol. The van der Waals surface area contributed by atoms with Gasteiger partial charge < -0.3 is 24.8 Å². The molecule has 0 saturated carbocycles. The molecule has 12 nitrogen and oxygen atoms in total. The van der Waals surface area contributed by atoms with Crippen LogP contribution in [0.4, 0.5) is 17.6 Å². The highest BCUT2D eigenvalue weighted by Gasteiger charge is 2.27. The molecule has 1 aliphatic rings. The summed E-state index contributed by atoms with van der Waals surface area (Å²) in [4.78, 5) is 66.8. The quantitative estimate of drug-likeness (QED) is 0.0990. The van der Waals surface area contributed by atoms with E-state index in [0.29, 0.717) is 28.4 Å². The Morgan fingerprint density at radius 1 is 0.821 bits per heavy atom. The molecule has 6 rings (SSSR count). The Morgan fingerprint density at radius 3 is 2.25 bits per heavy atom. The molecule has 1 aromatic heterocycles. The van der Waals surface area contributed by atoms with Crippen molar-refractivity contribution in [3.8, 4) is 11.1 Å². The number of ether oxygens (including phenoxy) is 1. The molecule has 2 heterocycles. The van der Waals surface area contributed by atoms with Crippen LogP contribution in [-0.2, 0) is 20.7 Å². The number of carbonyl (C=O) groups excluding carboxylic acids is 4. The van der Waals surface area contributed by atoms with Crippen molar-refractivity contribution in [2.24, 2.45) is 0 Å². The summed E-state index contributed by atoms with van der Waals surface area (Å²) in [5.74, 6) is -5.42. The monoisotopic (exact) mass is 772 g/mol. The third kappa shape index (κ3) is 9.26. The van der Waals surface area contributed by atoms with Crippen LogP contribution in [-0.4, -0.2) is 108 Å². The average molecular weight is 773 g/mol. The van der Waals surface area contributed by atoms with E-state index in [1.165, 1.54) is 45.0 Å². The highest BCUT2D eigenvalue weighted by molar-refractivity contribution is 5.96. The van der Waals surface area contributed by atoms with Crippen LogP contribution in [0.5, 0.6) is 0 Å². The molecule has 2 N–H and O–H groups in total. The summed E-state index contributed by atoms with van der Waals surface area (Å²) in [6, 6.07) is 18.3. The number of rotatable bonds is 14. The molecular weight excluding hydrogens is 736 g/mol. The number of hydrogen-bond acceptors (Lipinski definition) is 7. The fraction of sp³-hybridized carbons (Fsp3) is 0.250. The molecule has 16 heteroatoms. The summed E-state index contributed by atoms with van der Waals surface area (Å²) in [5, 5.41) is 10.1. The van der Waals surface area contributed by atoms with Gasteiger partial charge >= 0.3 is 0 Å². The molecule has 1 saturated heterocycles. The first-order valence-corrected chi connectivity index (χ1v) is 17.6. The lowest BCUT2D eigenvalue weighted by molar-refractivity contribution is -0.137. The Hall–Kier alpha value is -6.42. The largest absolute Gasteiger partial charge is 0.378 e. The predicted octanol–water partition coefficient (Wildman–Crippen LogP) is 3.93. The van der Waals surface area contributed by atoms with Crippen molar-refractivity contribution in [2.75, 3.05) is 59.0 Å². The number of H-pyrrole nitrogens is 1. The van der Waals surface area contributed by atoms with Crippen LogP contribution in [0.2, 0.25) is 0 Å². The second-order valence-corrected chi connectivity index (χ2v) is 13.0. The van der Waals surface area contributed by atoms with Crippen LogP contribution in [0.3, 0.4) is 0 Å². The van der Waals surface area contributed by atoms with Crippen LogP contribution in [0.15, 0.2) is 83.7 Å². The van der Waals surface area contributed by atoms with Gasteiger partial charge in [-0.3, -0.25) is 24.0 Å². The number of nitrogens with one attached hydrogen (secondary N) is 2. The van der Waals surface area contributed by atoms with E-state index in [0.717, 1.165) is 18.2 Å². The molecular formula is C40H36F4N6O6. The molecule has 0 spiro atoms. The van der Waals surface area contributed by atoms with E-state index in [9.17, 15) is 41.5 Å². The van der Waals surface area contributed by atoms with Gasteiger partial charge in [-0.05, 0) is 59.2 Å². The highest BCUT2D eigenvalue weighted by atomic mass is 19.1. The van der Waals surface area contributed by atoms with E-state index in [-0.39, 0.29) is 93.6 Å². The van der Waals surface area contributed by atoms with Gasteiger partial charge in [-0.15, -0.1) is 0 Å². The van der Waals surface area contributed by atoms with Crippen LogP contribution < -0.4 is 10.9 Å². The Balaban J connectivity index is 0.926. The van der Waals surface area contributed by atoms with Gasteiger partial charge in [0.2, 0.25) is 12.3 Å². The van der Waals surface area contributed by atoms with Crippen LogP contribution >= 0.6 is 0 Å². The zero-order chi connectivity index (χ0) is 39.8. The van der Waals surface area contributed by atoms with Crippen molar-refractivity contribution in [3.05, 3.63) is 135 Å². The third-order valence-electron chi connectivity index (χ3n) is 9.30. The normalized spacial score (nSPS) is 12.8. The number of piperazine rings is 1. The van der Waals surface area contributed by atoms with Gasteiger partial charge in [-0.1, -0.05) is 36.4 Å². The number of fused-ring (bicyclic) bond motifs is 1. The van der Waals surface area contributed by atoms with Crippen molar-refractivity contribution >= 4 is 34.9 Å². The van der Waals surface area contributed by atoms with Gasteiger partial charge in [0.15, 0.2) is 0 Å². The number of nitrogens with zero attached hydrogens (tertiary/aromatic N) is 4. The van der Waals surface area contributed by atoms with Crippen molar-refractivity contribution in [1.82, 2.24) is 30.2 Å². The fourth-order valence-electron chi connectivity index (χ4n) is 6.35. The van der Waals surface area contributed by atoms with Gasteiger partial charge in [-0.25, -0.2) is 22.7 Å². The van der Waals surface area contributed by atoms with Gasteiger partial charge in [0.25, 0.3) is 17.4 Å². The van der Waals surface area contributed by atoms with Gasteiger partial charge in [0, 0.05) is 51.1 Å². The lowest BCUT2D eigenvalue weighted by Crippen LogP contribution is -2.52. The van der Waals surface area contributed by atoms with Crippen molar-refractivity contribution in [2.45, 2.75) is 6.42 Å². The number of benzene rings is 4. The number of hydrogen-bond donors (Lipinski definition) is 2. The lowest BCUT2D eigenvalue weighted by atomic mass is 10.0.